The van der Waals surface area contributed by atoms with Crippen molar-refractivity contribution in [1.29, 1.82) is 0 Å². The molecule has 1 aromatic heterocycles. The first-order valence-corrected chi connectivity index (χ1v) is 6.59. The summed E-state index contributed by atoms with van der Waals surface area (Å²) >= 11 is 3.51. The SMILES string of the molecule is CCOC(=O)C(N)Cc1c[nH]c2cccc(Br)c12. The third-order valence-electron chi connectivity index (χ3n) is 2.77. The van der Waals surface area contributed by atoms with E-state index in [2.05, 4.69) is 20.9 Å². The summed E-state index contributed by atoms with van der Waals surface area (Å²) in [7, 11) is 0. The molecule has 5 heteroatoms. The maximum absolute atomic E-state index is 11.5. The molecule has 1 heterocycles. The van der Waals surface area contributed by atoms with Crippen LogP contribution in [0.4, 0.5) is 0 Å². The fourth-order valence-corrected chi connectivity index (χ4v) is 2.56. The van der Waals surface area contributed by atoms with Crippen LogP contribution in [-0.2, 0) is 16.0 Å². The lowest BCUT2D eigenvalue weighted by atomic mass is 10.1. The number of nitrogens with one attached hydrogen (secondary N) is 1. The fourth-order valence-electron chi connectivity index (χ4n) is 1.94. The molecule has 0 fully saturated rings. The van der Waals surface area contributed by atoms with E-state index in [0.717, 1.165) is 20.9 Å². The highest BCUT2D eigenvalue weighted by molar-refractivity contribution is 9.10. The predicted molar refractivity (Wildman–Crippen MR) is 74.3 cm³/mol. The molecule has 0 aliphatic carbocycles. The average Bonchev–Trinajstić information content (AvgIpc) is 2.74. The molecule has 2 rings (SSSR count). The molecule has 0 bridgehead atoms. The van der Waals surface area contributed by atoms with E-state index in [-0.39, 0.29) is 5.97 Å². The maximum Gasteiger partial charge on any atom is 0.323 e. The second-order valence-corrected chi connectivity index (χ2v) is 4.89. The number of aromatic nitrogens is 1. The van der Waals surface area contributed by atoms with Gasteiger partial charge in [0.1, 0.15) is 6.04 Å². The summed E-state index contributed by atoms with van der Waals surface area (Å²) in [5.74, 6) is -0.362. The number of esters is 1. The summed E-state index contributed by atoms with van der Waals surface area (Å²) in [4.78, 5) is 14.7. The Balaban J connectivity index is 2.24. The molecule has 18 heavy (non-hydrogen) atoms. The van der Waals surface area contributed by atoms with E-state index in [1.807, 2.05) is 24.4 Å². The number of ether oxygens (including phenoxy) is 1. The minimum Gasteiger partial charge on any atom is -0.465 e. The molecule has 1 unspecified atom stereocenters. The number of benzene rings is 1. The zero-order valence-corrected chi connectivity index (χ0v) is 11.7. The Hall–Kier alpha value is -1.33. The largest absolute Gasteiger partial charge is 0.465 e. The molecule has 1 aromatic carbocycles. The molecule has 0 saturated heterocycles. The minimum atomic E-state index is -0.629. The van der Waals surface area contributed by atoms with Crippen LogP contribution in [-0.4, -0.2) is 23.6 Å². The molecule has 0 aliphatic rings. The molecule has 96 valence electrons. The summed E-state index contributed by atoms with van der Waals surface area (Å²) in [5.41, 5.74) is 7.87. The Labute approximate surface area is 114 Å². The average molecular weight is 311 g/mol. The van der Waals surface area contributed by atoms with Gasteiger partial charge in [-0.2, -0.15) is 0 Å². The van der Waals surface area contributed by atoms with E-state index in [0.29, 0.717) is 13.0 Å². The van der Waals surface area contributed by atoms with Crippen LogP contribution >= 0.6 is 15.9 Å². The van der Waals surface area contributed by atoms with Crippen LogP contribution in [0.25, 0.3) is 10.9 Å². The number of nitrogens with two attached hydrogens (primary N) is 1. The molecule has 2 aromatic rings. The maximum atomic E-state index is 11.5. The number of carbonyl (C=O) groups excluding carboxylic acids is 1. The van der Waals surface area contributed by atoms with Crippen LogP contribution in [0.3, 0.4) is 0 Å². The second kappa shape index (κ2) is 5.54. The quantitative estimate of drug-likeness (QED) is 0.852. The Morgan fingerprint density at radius 3 is 3.06 bits per heavy atom. The van der Waals surface area contributed by atoms with E-state index in [4.69, 9.17) is 10.5 Å². The van der Waals surface area contributed by atoms with Crippen molar-refractivity contribution in [3.8, 4) is 0 Å². The van der Waals surface area contributed by atoms with Gasteiger partial charge in [-0.05, 0) is 24.6 Å². The molecule has 0 radical (unpaired) electrons. The van der Waals surface area contributed by atoms with Crippen LogP contribution in [0.1, 0.15) is 12.5 Å². The second-order valence-electron chi connectivity index (χ2n) is 4.04. The summed E-state index contributed by atoms with van der Waals surface area (Å²) in [5, 5.41) is 1.07. The van der Waals surface area contributed by atoms with Crippen molar-refractivity contribution in [3.63, 3.8) is 0 Å². The van der Waals surface area contributed by atoms with Crippen molar-refractivity contribution in [3.05, 3.63) is 34.4 Å². The third-order valence-corrected chi connectivity index (χ3v) is 3.43. The molecule has 0 spiro atoms. The lowest BCUT2D eigenvalue weighted by molar-refractivity contribution is -0.144. The minimum absolute atomic E-state index is 0.351. The van der Waals surface area contributed by atoms with Crippen molar-refractivity contribution in [2.45, 2.75) is 19.4 Å². The van der Waals surface area contributed by atoms with E-state index < -0.39 is 6.04 Å². The topological polar surface area (TPSA) is 68.1 Å². The molecule has 0 amide bonds. The first-order valence-electron chi connectivity index (χ1n) is 5.80. The van der Waals surface area contributed by atoms with Gasteiger partial charge in [-0.1, -0.05) is 22.0 Å². The van der Waals surface area contributed by atoms with Gasteiger partial charge < -0.3 is 15.5 Å². The molecule has 3 N–H and O–H groups in total. The first kappa shape index (κ1) is 13.1. The van der Waals surface area contributed by atoms with Gasteiger partial charge in [0.05, 0.1) is 6.61 Å². The van der Waals surface area contributed by atoms with Gasteiger partial charge in [0.2, 0.25) is 0 Å². The van der Waals surface area contributed by atoms with E-state index in [1.165, 1.54) is 0 Å². The number of hydrogen-bond acceptors (Lipinski definition) is 3. The summed E-state index contributed by atoms with van der Waals surface area (Å²) in [6.45, 7) is 2.12. The smallest absolute Gasteiger partial charge is 0.323 e. The standard InChI is InChI=1S/C13H15BrN2O2/c1-2-18-13(17)10(15)6-8-7-16-11-5-3-4-9(14)12(8)11/h3-5,7,10,16H,2,6,15H2,1H3. The Bertz CT molecular complexity index is 565. The van der Waals surface area contributed by atoms with Gasteiger partial charge in [0.25, 0.3) is 0 Å². The summed E-state index contributed by atoms with van der Waals surface area (Å²) in [6.07, 6.45) is 2.34. The monoisotopic (exact) mass is 310 g/mol. The van der Waals surface area contributed by atoms with Gasteiger partial charge in [-0.3, -0.25) is 4.79 Å². The van der Waals surface area contributed by atoms with Crippen LogP contribution in [0.5, 0.6) is 0 Å². The number of H-pyrrole nitrogens is 1. The summed E-state index contributed by atoms with van der Waals surface area (Å²) in [6, 6.07) is 5.28. The van der Waals surface area contributed by atoms with Crippen LogP contribution in [0.15, 0.2) is 28.9 Å². The van der Waals surface area contributed by atoms with Gasteiger partial charge in [0.15, 0.2) is 0 Å². The lowest BCUT2D eigenvalue weighted by Gasteiger charge is -2.10. The van der Waals surface area contributed by atoms with Crippen molar-refractivity contribution < 1.29 is 9.53 Å². The van der Waals surface area contributed by atoms with Gasteiger partial charge in [0, 0.05) is 28.0 Å². The molecule has 0 aliphatic heterocycles. The number of carbonyl (C=O) groups is 1. The first-order chi connectivity index (χ1) is 8.63. The third kappa shape index (κ3) is 2.57. The van der Waals surface area contributed by atoms with Crippen molar-refractivity contribution >= 4 is 32.8 Å². The normalized spacial score (nSPS) is 12.6. The molecule has 1 atom stereocenters. The van der Waals surface area contributed by atoms with Crippen LogP contribution in [0, 0.1) is 0 Å². The van der Waals surface area contributed by atoms with E-state index in [9.17, 15) is 4.79 Å². The van der Waals surface area contributed by atoms with Crippen molar-refractivity contribution in [2.24, 2.45) is 5.73 Å². The predicted octanol–water partition coefficient (Wildman–Crippen LogP) is 2.36. The molecular weight excluding hydrogens is 296 g/mol. The Morgan fingerprint density at radius 1 is 1.56 bits per heavy atom. The molecular formula is C13H15BrN2O2. The number of halogens is 1. The zero-order chi connectivity index (χ0) is 13.1. The van der Waals surface area contributed by atoms with Crippen molar-refractivity contribution in [1.82, 2.24) is 4.98 Å². The number of aromatic amines is 1. The highest BCUT2D eigenvalue weighted by atomic mass is 79.9. The molecule has 0 saturated carbocycles. The van der Waals surface area contributed by atoms with Crippen LogP contribution in [0.2, 0.25) is 0 Å². The Morgan fingerprint density at radius 2 is 2.33 bits per heavy atom. The van der Waals surface area contributed by atoms with Gasteiger partial charge in [-0.15, -0.1) is 0 Å². The van der Waals surface area contributed by atoms with Crippen LogP contribution < -0.4 is 5.73 Å². The number of rotatable bonds is 4. The highest BCUT2D eigenvalue weighted by Crippen LogP contribution is 2.27. The summed E-state index contributed by atoms with van der Waals surface area (Å²) < 4.78 is 5.90. The lowest BCUT2D eigenvalue weighted by Crippen LogP contribution is -2.34. The van der Waals surface area contributed by atoms with Gasteiger partial charge in [-0.25, -0.2) is 0 Å². The fraction of sp³-hybridized carbons (Fsp3) is 0.308. The number of hydrogen-bond donors (Lipinski definition) is 2. The van der Waals surface area contributed by atoms with E-state index >= 15 is 0 Å². The van der Waals surface area contributed by atoms with Gasteiger partial charge >= 0.3 is 5.97 Å². The van der Waals surface area contributed by atoms with Crippen molar-refractivity contribution in [2.75, 3.05) is 6.61 Å². The van der Waals surface area contributed by atoms with E-state index in [1.54, 1.807) is 6.92 Å². The zero-order valence-electron chi connectivity index (χ0n) is 10.1. The Kier molecular flexibility index (Phi) is 4.04. The molecule has 4 nitrogen and oxygen atoms in total. The highest BCUT2D eigenvalue weighted by Gasteiger charge is 2.17. The number of fused-ring (bicyclic) bond motifs is 1.